The lowest BCUT2D eigenvalue weighted by atomic mass is 10.0. The molecule has 0 spiro atoms. The number of sulfonamides is 1. The first-order chi connectivity index (χ1) is 6.81. The van der Waals surface area contributed by atoms with Crippen LogP contribution in [-0.2, 0) is 10.0 Å². The molecule has 82 valence electrons. The molecule has 1 aromatic carbocycles. The molecule has 3 nitrogen and oxygen atoms in total. The van der Waals surface area contributed by atoms with Crippen LogP contribution in [-0.4, -0.2) is 8.42 Å². The van der Waals surface area contributed by atoms with Crippen LogP contribution < -0.4 is 5.14 Å². The maximum atomic E-state index is 11.0. The fourth-order valence-corrected chi connectivity index (χ4v) is 2.44. The molecule has 2 N–H and O–H groups in total. The fourth-order valence-electron chi connectivity index (χ4n) is 1.93. The summed E-state index contributed by atoms with van der Waals surface area (Å²) in [6.45, 7) is 4.43. The number of rotatable bonds is 2. The fraction of sp³-hybridized carbons (Fsp3) is 0.455. The van der Waals surface area contributed by atoms with Gasteiger partial charge in [-0.05, 0) is 35.4 Å². The van der Waals surface area contributed by atoms with Gasteiger partial charge in [-0.1, -0.05) is 26.0 Å². The molecule has 1 saturated carbocycles. The minimum absolute atomic E-state index is 0.185. The highest BCUT2D eigenvalue weighted by molar-refractivity contribution is 7.89. The van der Waals surface area contributed by atoms with Gasteiger partial charge in [-0.3, -0.25) is 0 Å². The van der Waals surface area contributed by atoms with E-state index in [0.717, 1.165) is 0 Å². The van der Waals surface area contributed by atoms with Gasteiger partial charge in [0.2, 0.25) is 10.0 Å². The molecule has 15 heavy (non-hydrogen) atoms. The van der Waals surface area contributed by atoms with E-state index in [4.69, 9.17) is 5.14 Å². The highest BCUT2D eigenvalue weighted by Crippen LogP contribution is 2.58. The second-order valence-electron chi connectivity index (χ2n) is 4.86. The van der Waals surface area contributed by atoms with Crippen molar-refractivity contribution in [1.29, 1.82) is 0 Å². The molecule has 0 aliphatic heterocycles. The maximum absolute atomic E-state index is 11.0. The Morgan fingerprint density at radius 1 is 1.27 bits per heavy atom. The molecule has 0 radical (unpaired) electrons. The van der Waals surface area contributed by atoms with Crippen molar-refractivity contribution in [3.8, 4) is 0 Å². The maximum Gasteiger partial charge on any atom is 0.238 e. The molecule has 2 rings (SSSR count). The topological polar surface area (TPSA) is 60.2 Å². The lowest BCUT2D eigenvalue weighted by Gasteiger charge is -2.04. The van der Waals surface area contributed by atoms with E-state index in [1.54, 1.807) is 12.1 Å². The van der Waals surface area contributed by atoms with Gasteiger partial charge >= 0.3 is 0 Å². The SMILES string of the molecule is CC1(C)CC1c1ccc(S(N)(=O)=O)cc1. The molecule has 0 bridgehead atoms. The van der Waals surface area contributed by atoms with Crippen molar-refractivity contribution in [2.24, 2.45) is 10.6 Å². The van der Waals surface area contributed by atoms with E-state index in [-0.39, 0.29) is 4.90 Å². The Hall–Kier alpha value is -0.870. The average Bonchev–Trinajstić information content (AvgIpc) is 2.74. The molecule has 0 heterocycles. The highest BCUT2D eigenvalue weighted by Gasteiger charge is 2.46. The van der Waals surface area contributed by atoms with E-state index < -0.39 is 10.0 Å². The third-order valence-electron chi connectivity index (χ3n) is 3.12. The standard InChI is InChI=1S/C11H15NO2S/c1-11(2)7-10(11)8-3-5-9(6-4-8)15(12,13)14/h3-6,10H,7H2,1-2H3,(H2,12,13,14). The summed E-state index contributed by atoms with van der Waals surface area (Å²) in [6, 6.07) is 6.89. The van der Waals surface area contributed by atoms with Crippen molar-refractivity contribution in [2.75, 3.05) is 0 Å². The largest absolute Gasteiger partial charge is 0.238 e. The van der Waals surface area contributed by atoms with Crippen LogP contribution in [0.3, 0.4) is 0 Å². The van der Waals surface area contributed by atoms with Gasteiger partial charge in [-0.2, -0.15) is 0 Å². The molecule has 1 unspecified atom stereocenters. The Kier molecular flexibility index (Phi) is 2.17. The summed E-state index contributed by atoms with van der Waals surface area (Å²) in [5.41, 5.74) is 1.57. The van der Waals surface area contributed by atoms with Crippen LogP contribution in [0.2, 0.25) is 0 Å². The summed E-state index contributed by atoms with van der Waals surface area (Å²) in [5.74, 6) is 0.562. The van der Waals surface area contributed by atoms with Gasteiger partial charge in [-0.15, -0.1) is 0 Å². The predicted octanol–water partition coefficient (Wildman–Crippen LogP) is 1.85. The summed E-state index contributed by atoms with van der Waals surface area (Å²) < 4.78 is 22.1. The van der Waals surface area contributed by atoms with Gasteiger partial charge < -0.3 is 0 Å². The van der Waals surface area contributed by atoms with Crippen molar-refractivity contribution < 1.29 is 8.42 Å². The Bertz CT molecular complexity index is 474. The Morgan fingerprint density at radius 3 is 2.07 bits per heavy atom. The molecule has 0 aromatic heterocycles. The highest BCUT2D eigenvalue weighted by atomic mass is 32.2. The van der Waals surface area contributed by atoms with Crippen LogP contribution in [0.5, 0.6) is 0 Å². The van der Waals surface area contributed by atoms with E-state index in [0.29, 0.717) is 11.3 Å². The molecule has 4 heteroatoms. The first-order valence-electron chi connectivity index (χ1n) is 4.93. The summed E-state index contributed by atoms with van der Waals surface area (Å²) in [6.07, 6.45) is 1.17. The Balaban J connectivity index is 2.27. The predicted molar refractivity (Wildman–Crippen MR) is 59.0 cm³/mol. The van der Waals surface area contributed by atoms with Crippen molar-refractivity contribution in [3.63, 3.8) is 0 Å². The summed E-state index contributed by atoms with van der Waals surface area (Å²) in [5, 5.41) is 5.02. The van der Waals surface area contributed by atoms with Crippen LogP contribution in [0.25, 0.3) is 0 Å². The van der Waals surface area contributed by atoms with Gasteiger partial charge in [0.1, 0.15) is 0 Å². The molecule has 0 amide bonds. The van der Waals surface area contributed by atoms with Gasteiger partial charge in [-0.25, -0.2) is 13.6 Å². The van der Waals surface area contributed by atoms with E-state index >= 15 is 0 Å². The summed E-state index contributed by atoms with van der Waals surface area (Å²) in [4.78, 5) is 0.185. The zero-order chi connectivity index (χ0) is 11.3. The van der Waals surface area contributed by atoms with E-state index in [2.05, 4.69) is 13.8 Å². The number of primary sulfonamides is 1. The van der Waals surface area contributed by atoms with Crippen molar-refractivity contribution >= 4 is 10.0 Å². The van der Waals surface area contributed by atoms with Gasteiger partial charge in [0, 0.05) is 0 Å². The van der Waals surface area contributed by atoms with Crippen LogP contribution in [0.4, 0.5) is 0 Å². The first-order valence-corrected chi connectivity index (χ1v) is 6.48. The normalized spacial score (nSPS) is 23.8. The third-order valence-corrected chi connectivity index (χ3v) is 4.05. The van der Waals surface area contributed by atoms with Crippen LogP contribution in [0.1, 0.15) is 31.7 Å². The number of hydrogen-bond donors (Lipinski definition) is 1. The zero-order valence-corrected chi connectivity index (χ0v) is 9.71. The molecule has 1 fully saturated rings. The Morgan fingerprint density at radius 2 is 1.73 bits per heavy atom. The van der Waals surface area contributed by atoms with Gasteiger partial charge in [0.15, 0.2) is 0 Å². The van der Waals surface area contributed by atoms with Crippen LogP contribution in [0.15, 0.2) is 29.2 Å². The first kappa shape index (κ1) is 10.6. The zero-order valence-electron chi connectivity index (χ0n) is 8.90. The van der Waals surface area contributed by atoms with Crippen molar-refractivity contribution in [1.82, 2.24) is 0 Å². The quantitative estimate of drug-likeness (QED) is 0.835. The third kappa shape index (κ3) is 2.06. The Labute approximate surface area is 90.4 Å². The lowest BCUT2D eigenvalue weighted by Crippen LogP contribution is -2.11. The number of hydrogen-bond acceptors (Lipinski definition) is 2. The molecule has 1 aromatic rings. The smallest absolute Gasteiger partial charge is 0.225 e. The summed E-state index contributed by atoms with van der Waals surface area (Å²) in [7, 11) is -3.55. The minimum atomic E-state index is -3.55. The van der Waals surface area contributed by atoms with Crippen molar-refractivity contribution in [2.45, 2.75) is 31.1 Å². The van der Waals surface area contributed by atoms with E-state index in [1.807, 2.05) is 12.1 Å². The molecule has 0 saturated heterocycles. The monoisotopic (exact) mass is 225 g/mol. The molecular weight excluding hydrogens is 210 g/mol. The number of nitrogens with two attached hydrogens (primary N) is 1. The lowest BCUT2D eigenvalue weighted by molar-refractivity contribution is 0.597. The van der Waals surface area contributed by atoms with Gasteiger partial charge in [0.25, 0.3) is 0 Å². The second-order valence-corrected chi connectivity index (χ2v) is 6.42. The average molecular weight is 225 g/mol. The molecular formula is C11H15NO2S. The van der Waals surface area contributed by atoms with E-state index in [9.17, 15) is 8.42 Å². The number of benzene rings is 1. The van der Waals surface area contributed by atoms with Crippen molar-refractivity contribution in [3.05, 3.63) is 29.8 Å². The van der Waals surface area contributed by atoms with Gasteiger partial charge in [0.05, 0.1) is 4.90 Å². The molecule has 1 aliphatic carbocycles. The minimum Gasteiger partial charge on any atom is -0.225 e. The molecule has 1 atom stereocenters. The van der Waals surface area contributed by atoms with Crippen LogP contribution >= 0.6 is 0 Å². The second kappa shape index (κ2) is 3.06. The summed E-state index contributed by atoms with van der Waals surface area (Å²) >= 11 is 0. The van der Waals surface area contributed by atoms with Crippen LogP contribution in [0, 0.1) is 5.41 Å². The van der Waals surface area contributed by atoms with E-state index in [1.165, 1.54) is 12.0 Å². The molecule has 1 aliphatic rings.